The first-order chi connectivity index (χ1) is 13.8. The number of amides is 1. The summed E-state index contributed by atoms with van der Waals surface area (Å²) in [4.78, 5) is 12.7. The van der Waals surface area contributed by atoms with E-state index < -0.39 is 0 Å². The van der Waals surface area contributed by atoms with Crippen LogP contribution in [0.15, 0.2) is 24.3 Å². The Morgan fingerprint density at radius 1 is 1.24 bits per heavy atom. The average Bonchev–Trinajstić information content (AvgIpc) is 3.43. The van der Waals surface area contributed by atoms with Crippen LogP contribution in [-0.4, -0.2) is 29.4 Å². The summed E-state index contributed by atoms with van der Waals surface area (Å²) in [5.74, 6) is 1.79. The fourth-order valence-electron chi connectivity index (χ4n) is 3.25. The molecule has 1 heterocycles. The number of benzene rings is 1. The fourth-order valence-corrected chi connectivity index (χ4v) is 3.25. The molecule has 2 aromatic rings. The van der Waals surface area contributed by atoms with Gasteiger partial charge < -0.3 is 14.8 Å². The van der Waals surface area contributed by atoms with Crippen LogP contribution in [0, 0.1) is 0 Å². The highest BCUT2D eigenvalue weighted by atomic mass is 16.5. The van der Waals surface area contributed by atoms with E-state index in [2.05, 4.69) is 38.1 Å². The van der Waals surface area contributed by atoms with Crippen LogP contribution in [0.1, 0.15) is 81.0 Å². The lowest BCUT2D eigenvalue weighted by Gasteiger charge is -2.22. The first kappa shape index (κ1) is 21.2. The Hall–Kier alpha value is -2.50. The van der Waals surface area contributed by atoms with Crippen molar-refractivity contribution in [2.24, 2.45) is 0 Å². The van der Waals surface area contributed by atoms with Crippen LogP contribution in [0.2, 0.25) is 0 Å². The predicted octanol–water partition coefficient (Wildman–Crippen LogP) is 4.63. The molecular formula is C23H33N3O3. The number of carbonyl (C=O) groups is 1. The number of rotatable bonds is 9. The van der Waals surface area contributed by atoms with Crippen LogP contribution >= 0.6 is 0 Å². The third-order valence-electron chi connectivity index (χ3n) is 5.04. The third kappa shape index (κ3) is 5.31. The normalized spacial score (nSPS) is 14.0. The number of hydrogen-bond acceptors (Lipinski definition) is 4. The standard InChI is InChI=1S/C23H33N3O3/c1-6-7-12-29-20-11-8-16(13-21(20)28-5)15-24-22(27)18-14-19(17-9-10-17)26(25-18)23(2,3)4/h8,11,13-14,17H,6-7,9-10,12,15H2,1-5H3,(H,24,27). The molecule has 1 saturated carbocycles. The highest BCUT2D eigenvalue weighted by Crippen LogP contribution is 2.41. The second-order valence-corrected chi connectivity index (χ2v) is 8.68. The van der Waals surface area contributed by atoms with Crippen molar-refractivity contribution in [2.75, 3.05) is 13.7 Å². The first-order valence-electron chi connectivity index (χ1n) is 10.5. The van der Waals surface area contributed by atoms with Crippen molar-refractivity contribution in [3.05, 3.63) is 41.2 Å². The van der Waals surface area contributed by atoms with E-state index in [0.717, 1.165) is 29.8 Å². The molecule has 1 aromatic carbocycles. The van der Waals surface area contributed by atoms with Crippen molar-refractivity contribution in [2.45, 2.75) is 71.4 Å². The van der Waals surface area contributed by atoms with Crippen LogP contribution < -0.4 is 14.8 Å². The molecule has 0 bridgehead atoms. The summed E-state index contributed by atoms with van der Waals surface area (Å²) in [6, 6.07) is 7.71. The second-order valence-electron chi connectivity index (χ2n) is 8.68. The molecule has 0 atom stereocenters. The highest BCUT2D eigenvalue weighted by Gasteiger charge is 2.32. The van der Waals surface area contributed by atoms with E-state index in [1.54, 1.807) is 7.11 Å². The second kappa shape index (κ2) is 8.89. The van der Waals surface area contributed by atoms with Crippen LogP contribution in [0.5, 0.6) is 11.5 Å². The molecule has 1 amide bonds. The van der Waals surface area contributed by atoms with Gasteiger partial charge in [-0.15, -0.1) is 0 Å². The minimum Gasteiger partial charge on any atom is -0.493 e. The molecule has 0 spiro atoms. The zero-order valence-electron chi connectivity index (χ0n) is 18.2. The summed E-state index contributed by atoms with van der Waals surface area (Å²) >= 11 is 0. The predicted molar refractivity (Wildman–Crippen MR) is 114 cm³/mol. The number of carbonyl (C=O) groups excluding carboxylic acids is 1. The van der Waals surface area contributed by atoms with Gasteiger partial charge in [0.15, 0.2) is 11.5 Å². The van der Waals surface area contributed by atoms with Crippen molar-refractivity contribution in [1.82, 2.24) is 15.1 Å². The molecule has 1 aromatic heterocycles. The summed E-state index contributed by atoms with van der Waals surface area (Å²) in [6.07, 6.45) is 4.44. The average molecular weight is 400 g/mol. The smallest absolute Gasteiger partial charge is 0.272 e. The molecule has 0 aliphatic heterocycles. The van der Waals surface area contributed by atoms with Crippen molar-refractivity contribution >= 4 is 5.91 Å². The van der Waals surface area contributed by atoms with Crippen molar-refractivity contribution < 1.29 is 14.3 Å². The van der Waals surface area contributed by atoms with E-state index in [4.69, 9.17) is 9.47 Å². The van der Waals surface area contributed by atoms with E-state index in [1.807, 2.05) is 28.9 Å². The molecule has 3 rings (SSSR count). The molecule has 158 valence electrons. The number of hydrogen-bond donors (Lipinski definition) is 1. The van der Waals surface area contributed by atoms with E-state index in [-0.39, 0.29) is 11.4 Å². The Balaban J connectivity index is 1.66. The van der Waals surface area contributed by atoms with Crippen molar-refractivity contribution in [1.29, 1.82) is 0 Å². The van der Waals surface area contributed by atoms with Gasteiger partial charge >= 0.3 is 0 Å². The van der Waals surface area contributed by atoms with E-state index in [1.165, 1.54) is 12.8 Å². The lowest BCUT2D eigenvalue weighted by molar-refractivity contribution is 0.0944. The van der Waals surface area contributed by atoms with Crippen LogP contribution in [0.4, 0.5) is 0 Å². The topological polar surface area (TPSA) is 65.4 Å². The van der Waals surface area contributed by atoms with Gasteiger partial charge in [-0.3, -0.25) is 9.48 Å². The van der Waals surface area contributed by atoms with Gasteiger partial charge in [0.25, 0.3) is 5.91 Å². The van der Waals surface area contributed by atoms with E-state index in [0.29, 0.717) is 30.5 Å². The Morgan fingerprint density at radius 2 is 2.00 bits per heavy atom. The van der Waals surface area contributed by atoms with Crippen molar-refractivity contribution in [3.8, 4) is 11.5 Å². The molecule has 6 heteroatoms. The van der Waals surface area contributed by atoms with Gasteiger partial charge in [0.1, 0.15) is 5.69 Å². The van der Waals surface area contributed by atoms with Gasteiger partial charge in [0, 0.05) is 18.2 Å². The van der Waals surface area contributed by atoms with Crippen LogP contribution in [0.3, 0.4) is 0 Å². The zero-order chi connectivity index (χ0) is 21.0. The third-order valence-corrected chi connectivity index (χ3v) is 5.04. The van der Waals surface area contributed by atoms with E-state index >= 15 is 0 Å². The fraction of sp³-hybridized carbons (Fsp3) is 0.565. The Kier molecular flexibility index (Phi) is 6.50. The summed E-state index contributed by atoms with van der Waals surface area (Å²) in [5.41, 5.74) is 2.46. The van der Waals surface area contributed by atoms with Crippen LogP contribution in [-0.2, 0) is 12.1 Å². The first-order valence-corrected chi connectivity index (χ1v) is 10.5. The molecule has 29 heavy (non-hydrogen) atoms. The zero-order valence-corrected chi connectivity index (χ0v) is 18.2. The lowest BCUT2D eigenvalue weighted by atomic mass is 10.1. The molecule has 1 N–H and O–H groups in total. The number of unbranched alkanes of at least 4 members (excludes halogenated alkanes) is 1. The SMILES string of the molecule is CCCCOc1ccc(CNC(=O)c2cc(C3CC3)n(C(C)(C)C)n2)cc1OC. The summed E-state index contributed by atoms with van der Waals surface area (Å²) < 4.78 is 13.2. The molecule has 1 aliphatic carbocycles. The van der Waals surface area contributed by atoms with Gasteiger partial charge in [-0.2, -0.15) is 5.10 Å². The maximum absolute atomic E-state index is 12.7. The number of ether oxygens (including phenoxy) is 2. The number of methoxy groups -OCH3 is 1. The largest absolute Gasteiger partial charge is 0.493 e. The summed E-state index contributed by atoms with van der Waals surface area (Å²) in [5, 5.41) is 7.58. The lowest BCUT2D eigenvalue weighted by Crippen LogP contribution is -2.27. The van der Waals surface area contributed by atoms with Crippen molar-refractivity contribution in [3.63, 3.8) is 0 Å². The Labute approximate surface area is 173 Å². The highest BCUT2D eigenvalue weighted by molar-refractivity contribution is 5.92. The molecule has 0 saturated heterocycles. The van der Waals surface area contributed by atoms with Crippen LogP contribution in [0.25, 0.3) is 0 Å². The minimum atomic E-state index is -0.155. The molecule has 1 fully saturated rings. The number of nitrogens with zero attached hydrogens (tertiary/aromatic N) is 2. The Morgan fingerprint density at radius 3 is 2.62 bits per heavy atom. The molecule has 6 nitrogen and oxygen atoms in total. The molecule has 1 aliphatic rings. The maximum Gasteiger partial charge on any atom is 0.272 e. The summed E-state index contributed by atoms with van der Waals surface area (Å²) in [6.45, 7) is 9.55. The van der Waals surface area contributed by atoms with Gasteiger partial charge in [-0.05, 0) is 63.8 Å². The maximum atomic E-state index is 12.7. The van der Waals surface area contributed by atoms with Gasteiger partial charge in [-0.1, -0.05) is 19.4 Å². The molecule has 0 unspecified atom stereocenters. The minimum absolute atomic E-state index is 0.141. The number of nitrogens with one attached hydrogen (secondary N) is 1. The Bertz CT molecular complexity index is 848. The van der Waals surface area contributed by atoms with Gasteiger partial charge in [0.05, 0.1) is 19.3 Å². The van der Waals surface area contributed by atoms with Gasteiger partial charge in [-0.25, -0.2) is 0 Å². The molecular weight excluding hydrogens is 366 g/mol. The van der Waals surface area contributed by atoms with E-state index in [9.17, 15) is 4.79 Å². The monoisotopic (exact) mass is 399 g/mol. The quantitative estimate of drug-likeness (QED) is 0.624. The molecule has 0 radical (unpaired) electrons. The van der Waals surface area contributed by atoms with Gasteiger partial charge in [0.2, 0.25) is 0 Å². The summed E-state index contributed by atoms with van der Waals surface area (Å²) in [7, 11) is 1.63. The number of aromatic nitrogens is 2.